The molecule has 0 atom stereocenters. The molecule has 4 rings (SSSR count). The molecule has 0 bridgehead atoms. The van der Waals surface area contributed by atoms with Gasteiger partial charge in [0.1, 0.15) is 0 Å². The van der Waals surface area contributed by atoms with Gasteiger partial charge in [0.05, 0.1) is 0 Å². The van der Waals surface area contributed by atoms with Gasteiger partial charge in [0, 0.05) is 19.5 Å². The predicted octanol–water partition coefficient (Wildman–Crippen LogP) is 9.30. The summed E-state index contributed by atoms with van der Waals surface area (Å²) >= 11 is 0. The van der Waals surface area contributed by atoms with Gasteiger partial charge < -0.3 is 0 Å². The maximum absolute atomic E-state index is 2.08. The summed E-state index contributed by atoms with van der Waals surface area (Å²) in [5.74, 6) is 0. The van der Waals surface area contributed by atoms with Crippen LogP contribution in [0.5, 0.6) is 0 Å². The van der Waals surface area contributed by atoms with Crippen molar-refractivity contribution in [1.82, 2.24) is 0 Å². The Labute approximate surface area is 207 Å². The monoisotopic (exact) mass is 546 g/mol. The summed E-state index contributed by atoms with van der Waals surface area (Å²) in [6, 6.07) is 10.3. The molecule has 0 amide bonds. The normalized spacial score (nSPS) is 21.0. The Bertz CT molecular complexity index is 438. The fourth-order valence-electron chi connectivity index (χ4n) is 5.57. The van der Waals surface area contributed by atoms with E-state index in [0.717, 1.165) is 0 Å². The zero-order valence-corrected chi connectivity index (χ0v) is 22.6. The summed E-state index contributed by atoms with van der Waals surface area (Å²) in [7, 11) is 0.385. The molecule has 29 heavy (non-hydrogen) atoms. The minimum absolute atomic E-state index is 0. The molecule has 0 saturated heterocycles. The van der Waals surface area contributed by atoms with Crippen molar-refractivity contribution in [2.75, 3.05) is 0 Å². The van der Waals surface area contributed by atoms with Crippen molar-refractivity contribution in [1.29, 1.82) is 0 Å². The fourth-order valence-corrected chi connectivity index (χ4v) is 10.2. The van der Waals surface area contributed by atoms with E-state index in [1.807, 2.05) is 18.2 Å². The van der Waals surface area contributed by atoms with Crippen LogP contribution in [0.25, 0.3) is 0 Å². The Balaban J connectivity index is 0.000000677. The summed E-state index contributed by atoms with van der Waals surface area (Å²) in [6.07, 6.45) is 23.6. The number of rotatable bonds is 3. The summed E-state index contributed by atoms with van der Waals surface area (Å²) in [6.45, 7) is 2.08. The van der Waals surface area contributed by atoms with Gasteiger partial charge in [-0.15, -0.1) is 24.8 Å². The van der Waals surface area contributed by atoms with Gasteiger partial charge in [-0.3, -0.25) is 0 Å². The van der Waals surface area contributed by atoms with E-state index in [4.69, 9.17) is 0 Å². The van der Waals surface area contributed by atoms with Crippen molar-refractivity contribution < 1.29 is 19.5 Å². The van der Waals surface area contributed by atoms with E-state index in [0.29, 0.717) is 7.92 Å². The van der Waals surface area contributed by atoms with Crippen LogP contribution in [0, 0.1) is 6.92 Å². The predicted molar refractivity (Wildman–Crippen MR) is 133 cm³/mol. The zero-order chi connectivity index (χ0) is 18.0. The van der Waals surface area contributed by atoms with Gasteiger partial charge in [0.2, 0.25) is 0 Å². The average molecular weight is 547 g/mol. The van der Waals surface area contributed by atoms with Crippen LogP contribution in [0.2, 0.25) is 0 Å². The molecule has 1 aromatic rings. The third-order valence-electron chi connectivity index (χ3n) is 6.93. The average Bonchev–Trinajstić information content (AvgIpc) is 2.72. The van der Waals surface area contributed by atoms with Crippen LogP contribution >= 0.6 is 32.7 Å². The maximum Gasteiger partial charge on any atom is 0 e. The van der Waals surface area contributed by atoms with E-state index >= 15 is 0 Å². The van der Waals surface area contributed by atoms with E-state index in [1.54, 1.807) is 77.0 Å². The van der Waals surface area contributed by atoms with Crippen LogP contribution in [0.4, 0.5) is 0 Å². The second-order valence-electron chi connectivity index (χ2n) is 8.98. The number of benzene rings is 1. The molecule has 3 saturated carbocycles. The number of hydrogen-bond acceptors (Lipinski definition) is 0. The van der Waals surface area contributed by atoms with Crippen LogP contribution in [-0.2, 0) is 19.5 Å². The molecule has 0 heterocycles. The first kappa shape index (κ1) is 29.9. The number of halogens is 2. The van der Waals surface area contributed by atoms with Crippen LogP contribution < -0.4 is 0 Å². The summed E-state index contributed by atoms with van der Waals surface area (Å²) in [5.41, 5.74) is 4.89. The largest absolute Gasteiger partial charge is 0.147 e. The quantitative estimate of drug-likeness (QED) is 0.262. The first-order valence-corrected chi connectivity index (χ1v) is 13.2. The maximum atomic E-state index is 2.08. The minimum Gasteiger partial charge on any atom is -0.147 e. The van der Waals surface area contributed by atoms with Gasteiger partial charge >= 0.3 is 0 Å². The molecule has 0 unspecified atom stereocenters. The molecule has 0 spiro atoms. The summed E-state index contributed by atoms with van der Waals surface area (Å²) in [4.78, 5) is 0. The molecule has 3 fully saturated rings. The molecule has 0 N–H and O–H groups in total. The van der Waals surface area contributed by atoms with Gasteiger partial charge in [0.15, 0.2) is 0 Å². The second kappa shape index (κ2) is 17.4. The summed E-state index contributed by atoms with van der Waals surface area (Å²) in [5, 5.41) is 0. The van der Waals surface area contributed by atoms with Crippen LogP contribution in [0.15, 0.2) is 30.3 Å². The van der Waals surface area contributed by atoms with Gasteiger partial charge in [0.25, 0.3) is 0 Å². The molecule has 4 heteroatoms. The summed E-state index contributed by atoms with van der Waals surface area (Å²) < 4.78 is 0. The topological polar surface area (TPSA) is 0 Å². The van der Waals surface area contributed by atoms with Crippen LogP contribution in [0.3, 0.4) is 0 Å². The third-order valence-corrected chi connectivity index (χ3v) is 11.0. The third kappa shape index (κ3) is 10.3. The molecule has 3 aliphatic rings. The Morgan fingerprint density at radius 3 is 1.10 bits per heavy atom. The molecule has 0 radical (unpaired) electrons. The van der Waals surface area contributed by atoms with E-state index in [9.17, 15) is 0 Å². The first-order valence-electron chi connectivity index (χ1n) is 11.6. The van der Waals surface area contributed by atoms with E-state index in [-0.39, 0.29) is 44.3 Å². The van der Waals surface area contributed by atoms with E-state index in [1.165, 1.54) is 41.8 Å². The molecule has 170 valence electrons. The molecule has 0 aliphatic heterocycles. The van der Waals surface area contributed by atoms with Crippen molar-refractivity contribution in [3.05, 3.63) is 35.9 Å². The molecular formula is C25H43Cl2PRu. The molecular weight excluding hydrogens is 503 g/mol. The molecule has 0 nitrogen and oxygen atoms in total. The van der Waals surface area contributed by atoms with E-state index < -0.39 is 0 Å². The minimum atomic E-state index is 0. The van der Waals surface area contributed by atoms with Crippen LogP contribution in [0.1, 0.15) is 102 Å². The van der Waals surface area contributed by atoms with Crippen LogP contribution in [-0.4, -0.2) is 17.0 Å². The number of aryl methyl sites for hydroxylation is 1. The Morgan fingerprint density at radius 2 is 0.862 bits per heavy atom. The van der Waals surface area contributed by atoms with Gasteiger partial charge in [-0.25, -0.2) is 0 Å². The van der Waals surface area contributed by atoms with Gasteiger partial charge in [-0.05, 0) is 62.4 Å². The second-order valence-corrected chi connectivity index (χ2v) is 12.1. The van der Waals surface area contributed by atoms with Crippen molar-refractivity contribution in [3.8, 4) is 0 Å². The van der Waals surface area contributed by atoms with Gasteiger partial charge in [-0.1, -0.05) is 102 Å². The van der Waals surface area contributed by atoms with Gasteiger partial charge in [-0.2, -0.15) is 0 Å². The van der Waals surface area contributed by atoms with Crippen molar-refractivity contribution in [2.45, 2.75) is 120 Å². The zero-order valence-electron chi connectivity index (χ0n) is 18.3. The van der Waals surface area contributed by atoms with Crippen molar-refractivity contribution >= 4 is 32.7 Å². The first-order chi connectivity index (χ1) is 12.8. The Kier molecular flexibility index (Phi) is 17.9. The Morgan fingerprint density at radius 1 is 0.552 bits per heavy atom. The Hall–Kier alpha value is 0.853. The molecule has 1 aromatic carbocycles. The molecule has 3 aliphatic carbocycles. The van der Waals surface area contributed by atoms with Crippen molar-refractivity contribution in [2.24, 2.45) is 0 Å². The fraction of sp³-hybridized carbons (Fsp3) is 0.760. The standard InChI is InChI=1S/C18H33P.C7H8.2ClH.Ru/c1-4-10-16(11-5-1)19(17-12-6-2-7-13-17)18-14-8-3-9-15-18;1-7-5-3-2-4-6-7;;;/h16-18H,1-15H2;2-6H,1H3;2*1H;. The van der Waals surface area contributed by atoms with E-state index in [2.05, 4.69) is 19.1 Å². The number of hydrogen-bond donors (Lipinski definition) is 0. The SMILES string of the molecule is C1CCC(P(C2CCCCC2)C2CCCCC2)CC1.Cc1ccccc1.Cl.Cl.[Ru]. The smallest absolute Gasteiger partial charge is 0 e. The molecule has 0 aromatic heterocycles. The van der Waals surface area contributed by atoms with Crippen molar-refractivity contribution in [3.63, 3.8) is 0 Å².